The summed E-state index contributed by atoms with van der Waals surface area (Å²) in [5.41, 5.74) is -0.0364. The average Bonchev–Trinajstić information content (AvgIpc) is 2.57. The summed E-state index contributed by atoms with van der Waals surface area (Å²) in [6, 6.07) is 1.47. The highest BCUT2D eigenvalue weighted by Crippen LogP contribution is 2.37. The molecule has 0 spiro atoms. The minimum atomic E-state index is -3.48. The topological polar surface area (TPSA) is 49.4 Å². The van der Waals surface area contributed by atoms with Crippen LogP contribution in [0.2, 0.25) is 5.02 Å². The minimum absolute atomic E-state index is 0.0364. The molecular weight excluding hydrogens is 372 g/mol. The number of rotatable bonds is 5. The molecule has 1 saturated carbocycles. The van der Waals surface area contributed by atoms with Crippen molar-refractivity contribution in [2.75, 3.05) is 20.6 Å². The van der Waals surface area contributed by atoms with Crippen LogP contribution in [-0.2, 0) is 10.0 Å². The molecule has 0 atom stereocenters. The molecule has 0 aromatic carbocycles. The van der Waals surface area contributed by atoms with E-state index in [0.717, 1.165) is 30.6 Å². The molecule has 0 saturated heterocycles. The summed E-state index contributed by atoms with van der Waals surface area (Å²) in [4.78, 5) is 2.11. The normalized spacial score (nSPS) is 18.6. The standard InChI is InChI=1S/C11H16BrClN2O2S2/c1-15(2)11(4-3-5-11)7-14-19(16,17)9-6-8(13)10(12)18-9/h6,14H,3-5,7H2,1-2H3. The molecule has 108 valence electrons. The van der Waals surface area contributed by atoms with Gasteiger partial charge in [0.2, 0.25) is 10.0 Å². The molecular formula is C11H16BrClN2O2S2. The van der Waals surface area contributed by atoms with Crippen LogP contribution in [-0.4, -0.2) is 39.5 Å². The Morgan fingerprint density at radius 3 is 2.53 bits per heavy atom. The second kappa shape index (κ2) is 5.61. The van der Waals surface area contributed by atoms with Crippen molar-refractivity contribution in [3.05, 3.63) is 14.9 Å². The van der Waals surface area contributed by atoms with Crippen LogP contribution in [0.15, 0.2) is 14.1 Å². The van der Waals surface area contributed by atoms with Gasteiger partial charge in [0, 0.05) is 12.1 Å². The number of sulfonamides is 1. The molecule has 0 unspecified atom stereocenters. The molecule has 0 aliphatic heterocycles. The maximum atomic E-state index is 12.2. The van der Waals surface area contributed by atoms with Crippen LogP contribution in [0.3, 0.4) is 0 Å². The first kappa shape index (κ1) is 15.7. The lowest BCUT2D eigenvalue weighted by molar-refractivity contribution is 0.0657. The third kappa shape index (κ3) is 3.16. The average molecular weight is 388 g/mol. The van der Waals surface area contributed by atoms with E-state index in [-0.39, 0.29) is 9.75 Å². The molecule has 0 bridgehead atoms. The van der Waals surface area contributed by atoms with Crippen LogP contribution >= 0.6 is 38.9 Å². The summed E-state index contributed by atoms with van der Waals surface area (Å²) >= 11 is 10.2. The van der Waals surface area contributed by atoms with Crippen molar-refractivity contribution in [3.63, 3.8) is 0 Å². The fourth-order valence-electron chi connectivity index (χ4n) is 2.13. The van der Waals surface area contributed by atoms with Gasteiger partial charge >= 0.3 is 0 Å². The van der Waals surface area contributed by atoms with E-state index in [0.29, 0.717) is 15.4 Å². The van der Waals surface area contributed by atoms with Crippen molar-refractivity contribution >= 4 is 48.9 Å². The van der Waals surface area contributed by atoms with Gasteiger partial charge in [-0.1, -0.05) is 11.6 Å². The molecule has 8 heteroatoms. The van der Waals surface area contributed by atoms with Crippen molar-refractivity contribution in [1.29, 1.82) is 0 Å². The van der Waals surface area contributed by atoms with Crippen molar-refractivity contribution < 1.29 is 8.42 Å². The lowest BCUT2D eigenvalue weighted by Crippen LogP contribution is -2.57. The van der Waals surface area contributed by atoms with Crippen LogP contribution in [0.5, 0.6) is 0 Å². The van der Waals surface area contributed by atoms with Gasteiger partial charge in [0.25, 0.3) is 0 Å². The Labute approximate surface area is 131 Å². The monoisotopic (exact) mass is 386 g/mol. The van der Waals surface area contributed by atoms with Crippen LogP contribution in [0.1, 0.15) is 19.3 Å². The molecule has 1 aliphatic carbocycles. The summed E-state index contributed by atoms with van der Waals surface area (Å²) in [7, 11) is 0.507. The van der Waals surface area contributed by atoms with Crippen molar-refractivity contribution in [1.82, 2.24) is 9.62 Å². The number of nitrogens with one attached hydrogen (secondary N) is 1. The van der Waals surface area contributed by atoms with Gasteiger partial charge in [-0.15, -0.1) is 11.3 Å². The van der Waals surface area contributed by atoms with Gasteiger partial charge in [-0.25, -0.2) is 13.1 Å². The van der Waals surface area contributed by atoms with Gasteiger partial charge in [0.05, 0.1) is 8.81 Å². The van der Waals surface area contributed by atoms with Gasteiger partial charge in [-0.3, -0.25) is 0 Å². The SMILES string of the molecule is CN(C)C1(CNS(=O)(=O)c2cc(Cl)c(Br)s2)CCC1. The summed E-state index contributed by atoms with van der Waals surface area (Å²) in [5.74, 6) is 0. The Hall–Kier alpha value is 0.340. The zero-order chi connectivity index (χ0) is 14.3. The van der Waals surface area contributed by atoms with Crippen LogP contribution in [0.4, 0.5) is 0 Å². The minimum Gasteiger partial charge on any atom is -0.302 e. The molecule has 19 heavy (non-hydrogen) atoms. The highest BCUT2D eigenvalue weighted by molar-refractivity contribution is 9.11. The lowest BCUT2D eigenvalue weighted by atomic mass is 9.76. The van der Waals surface area contributed by atoms with E-state index in [1.54, 1.807) is 0 Å². The van der Waals surface area contributed by atoms with E-state index in [1.807, 2.05) is 14.1 Å². The maximum absolute atomic E-state index is 12.2. The highest BCUT2D eigenvalue weighted by atomic mass is 79.9. The van der Waals surface area contributed by atoms with Gasteiger partial charge in [-0.2, -0.15) is 0 Å². The highest BCUT2D eigenvalue weighted by Gasteiger charge is 2.40. The van der Waals surface area contributed by atoms with Crippen LogP contribution in [0.25, 0.3) is 0 Å². The zero-order valence-electron chi connectivity index (χ0n) is 10.7. The fraction of sp³-hybridized carbons (Fsp3) is 0.636. The zero-order valence-corrected chi connectivity index (χ0v) is 14.7. The second-order valence-corrected chi connectivity index (χ2v) is 9.76. The summed E-state index contributed by atoms with van der Waals surface area (Å²) in [6.07, 6.45) is 3.20. The van der Waals surface area contributed by atoms with Gasteiger partial charge in [0.1, 0.15) is 4.21 Å². The number of hydrogen-bond acceptors (Lipinski definition) is 4. The molecule has 2 rings (SSSR count). The summed E-state index contributed by atoms with van der Waals surface area (Å²) < 4.78 is 28.0. The van der Waals surface area contributed by atoms with E-state index >= 15 is 0 Å². The van der Waals surface area contributed by atoms with Crippen LogP contribution in [0, 0.1) is 0 Å². The molecule has 1 aromatic heterocycles. The number of likely N-dealkylation sites (N-methyl/N-ethyl adjacent to an activating group) is 1. The first-order valence-corrected chi connectivity index (χ1v) is 9.36. The smallest absolute Gasteiger partial charge is 0.250 e. The van der Waals surface area contributed by atoms with E-state index in [2.05, 4.69) is 25.6 Å². The second-order valence-electron chi connectivity index (χ2n) is 4.98. The number of halogens is 2. The molecule has 0 amide bonds. The number of nitrogens with zero attached hydrogens (tertiary/aromatic N) is 1. The molecule has 1 N–H and O–H groups in total. The van der Waals surface area contributed by atoms with Crippen molar-refractivity contribution in [2.24, 2.45) is 0 Å². The Kier molecular flexibility index (Phi) is 4.65. The van der Waals surface area contributed by atoms with Crippen molar-refractivity contribution in [2.45, 2.75) is 29.0 Å². The van der Waals surface area contributed by atoms with Gasteiger partial charge in [-0.05, 0) is 55.4 Å². The fourth-order valence-corrected chi connectivity index (χ4v) is 5.69. The van der Waals surface area contributed by atoms with Crippen molar-refractivity contribution in [3.8, 4) is 0 Å². The quantitative estimate of drug-likeness (QED) is 0.845. The Morgan fingerprint density at radius 2 is 2.16 bits per heavy atom. The van der Waals surface area contributed by atoms with E-state index < -0.39 is 10.0 Å². The number of hydrogen-bond donors (Lipinski definition) is 1. The Bertz CT molecular complexity index is 548. The largest absolute Gasteiger partial charge is 0.302 e. The third-order valence-electron chi connectivity index (χ3n) is 3.71. The first-order valence-electron chi connectivity index (χ1n) is 5.89. The predicted molar refractivity (Wildman–Crippen MR) is 82.5 cm³/mol. The van der Waals surface area contributed by atoms with E-state index in [1.165, 1.54) is 6.07 Å². The van der Waals surface area contributed by atoms with E-state index in [9.17, 15) is 8.42 Å². The predicted octanol–water partition coefficient (Wildman–Crippen LogP) is 2.93. The molecule has 1 heterocycles. The molecule has 0 radical (unpaired) electrons. The summed E-state index contributed by atoms with van der Waals surface area (Å²) in [6.45, 7) is 0.440. The summed E-state index contributed by atoms with van der Waals surface area (Å²) in [5, 5.41) is 0.427. The molecule has 1 fully saturated rings. The third-order valence-corrected chi connectivity index (χ3v) is 8.06. The van der Waals surface area contributed by atoms with Crippen LogP contribution < -0.4 is 4.72 Å². The molecule has 4 nitrogen and oxygen atoms in total. The molecule has 1 aromatic rings. The first-order chi connectivity index (χ1) is 8.77. The van der Waals surface area contributed by atoms with Gasteiger partial charge in [0.15, 0.2) is 0 Å². The number of thiophene rings is 1. The van der Waals surface area contributed by atoms with Gasteiger partial charge < -0.3 is 4.90 Å². The Morgan fingerprint density at radius 1 is 1.53 bits per heavy atom. The van der Waals surface area contributed by atoms with E-state index in [4.69, 9.17) is 11.6 Å². The lowest BCUT2D eigenvalue weighted by Gasteiger charge is -2.47. The molecule has 1 aliphatic rings. The Balaban J connectivity index is 2.10. The maximum Gasteiger partial charge on any atom is 0.250 e.